The Balaban J connectivity index is 1.97. The van der Waals surface area contributed by atoms with E-state index in [9.17, 15) is 4.79 Å². The number of carbonyl (C=O) groups is 1. The fraction of sp³-hybridized carbons (Fsp3) is 0.357. The SMILES string of the molecule is CN1CC[C@H](c2ccc3[nH]c(C(=O)O)cc3c2)C1. The van der Waals surface area contributed by atoms with Crippen molar-refractivity contribution in [2.45, 2.75) is 12.3 Å². The van der Waals surface area contributed by atoms with Gasteiger partial charge in [-0.2, -0.15) is 0 Å². The van der Waals surface area contributed by atoms with Gasteiger partial charge in [0, 0.05) is 17.4 Å². The van der Waals surface area contributed by atoms with Crippen LogP contribution in [-0.4, -0.2) is 41.1 Å². The smallest absolute Gasteiger partial charge is 0.352 e. The molecular formula is C14H16N2O2. The molecule has 0 spiro atoms. The third kappa shape index (κ3) is 1.88. The third-order valence-corrected chi connectivity index (χ3v) is 3.74. The Kier molecular flexibility index (Phi) is 2.59. The van der Waals surface area contributed by atoms with Gasteiger partial charge in [0.15, 0.2) is 0 Å². The number of carboxylic acid groups (broad SMARTS) is 1. The minimum absolute atomic E-state index is 0.255. The van der Waals surface area contributed by atoms with E-state index in [0.717, 1.165) is 24.0 Å². The highest BCUT2D eigenvalue weighted by atomic mass is 16.4. The molecule has 1 aliphatic rings. The number of nitrogens with one attached hydrogen (secondary N) is 1. The van der Waals surface area contributed by atoms with Gasteiger partial charge in [-0.25, -0.2) is 4.79 Å². The zero-order valence-electron chi connectivity index (χ0n) is 10.3. The first kappa shape index (κ1) is 11.3. The minimum Gasteiger partial charge on any atom is -0.477 e. The molecule has 0 bridgehead atoms. The number of fused-ring (bicyclic) bond motifs is 1. The summed E-state index contributed by atoms with van der Waals surface area (Å²) >= 11 is 0. The number of rotatable bonds is 2. The van der Waals surface area contributed by atoms with E-state index >= 15 is 0 Å². The second-order valence-electron chi connectivity index (χ2n) is 5.08. The van der Waals surface area contributed by atoms with Gasteiger partial charge in [0.05, 0.1) is 0 Å². The van der Waals surface area contributed by atoms with Crippen molar-refractivity contribution in [3.63, 3.8) is 0 Å². The van der Waals surface area contributed by atoms with Crippen molar-refractivity contribution in [2.24, 2.45) is 0 Å². The molecule has 3 rings (SSSR count). The molecule has 0 aliphatic carbocycles. The molecule has 1 saturated heterocycles. The summed E-state index contributed by atoms with van der Waals surface area (Å²) < 4.78 is 0. The molecule has 2 aromatic rings. The van der Waals surface area contributed by atoms with Crippen molar-refractivity contribution in [1.82, 2.24) is 9.88 Å². The first-order chi connectivity index (χ1) is 8.63. The predicted octanol–water partition coefficient (Wildman–Crippen LogP) is 2.29. The summed E-state index contributed by atoms with van der Waals surface area (Å²) in [6, 6.07) is 7.91. The maximum Gasteiger partial charge on any atom is 0.352 e. The number of aromatic carboxylic acids is 1. The molecule has 18 heavy (non-hydrogen) atoms. The van der Waals surface area contributed by atoms with E-state index in [0.29, 0.717) is 5.92 Å². The van der Waals surface area contributed by atoms with Crippen molar-refractivity contribution in [3.8, 4) is 0 Å². The summed E-state index contributed by atoms with van der Waals surface area (Å²) in [5, 5.41) is 9.95. The van der Waals surface area contributed by atoms with Crippen molar-refractivity contribution in [3.05, 3.63) is 35.5 Å². The Labute approximate surface area is 105 Å². The molecule has 1 aliphatic heterocycles. The highest BCUT2D eigenvalue weighted by molar-refractivity contribution is 5.93. The fourth-order valence-electron chi connectivity index (χ4n) is 2.73. The molecule has 1 aromatic carbocycles. The predicted molar refractivity (Wildman–Crippen MR) is 70.1 cm³/mol. The Hall–Kier alpha value is -1.81. The molecule has 94 valence electrons. The lowest BCUT2D eigenvalue weighted by Crippen LogP contribution is -2.13. The summed E-state index contributed by atoms with van der Waals surface area (Å²) in [6.07, 6.45) is 1.18. The van der Waals surface area contributed by atoms with Crippen LogP contribution in [0, 0.1) is 0 Å². The maximum atomic E-state index is 10.9. The molecular weight excluding hydrogens is 228 g/mol. The monoisotopic (exact) mass is 244 g/mol. The summed E-state index contributed by atoms with van der Waals surface area (Å²) in [4.78, 5) is 16.2. The highest BCUT2D eigenvalue weighted by Crippen LogP contribution is 2.28. The molecule has 0 saturated carbocycles. The molecule has 1 aromatic heterocycles. The average molecular weight is 244 g/mol. The second-order valence-corrected chi connectivity index (χ2v) is 5.08. The largest absolute Gasteiger partial charge is 0.477 e. The zero-order chi connectivity index (χ0) is 12.7. The lowest BCUT2D eigenvalue weighted by molar-refractivity contribution is 0.0691. The van der Waals surface area contributed by atoms with Crippen LogP contribution in [0.2, 0.25) is 0 Å². The van der Waals surface area contributed by atoms with E-state index in [1.54, 1.807) is 6.07 Å². The van der Waals surface area contributed by atoms with Crippen LogP contribution in [-0.2, 0) is 0 Å². The van der Waals surface area contributed by atoms with Crippen LogP contribution in [0.1, 0.15) is 28.4 Å². The maximum absolute atomic E-state index is 10.9. The van der Waals surface area contributed by atoms with Gasteiger partial charge in [-0.3, -0.25) is 0 Å². The minimum atomic E-state index is -0.909. The highest BCUT2D eigenvalue weighted by Gasteiger charge is 2.21. The van der Waals surface area contributed by atoms with E-state index in [1.807, 2.05) is 6.07 Å². The number of carboxylic acids is 1. The van der Waals surface area contributed by atoms with Gasteiger partial charge in [0.25, 0.3) is 0 Å². The number of aromatic nitrogens is 1. The van der Waals surface area contributed by atoms with E-state index in [1.165, 1.54) is 12.0 Å². The van der Waals surface area contributed by atoms with Crippen LogP contribution < -0.4 is 0 Å². The Morgan fingerprint density at radius 3 is 2.94 bits per heavy atom. The standard InChI is InChI=1S/C14H16N2O2/c1-16-5-4-10(8-16)9-2-3-12-11(6-9)7-13(15-12)14(17)18/h2-3,6-7,10,15H,4-5,8H2,1H3,(H,17,18)/t10-/m0/s1. The topological polar surface area (TPSA) is 56.3 Å². The molecule has 2 N–H and O–H groups in total. The van der Waals surface area contributed by atoms with Gasteiger partial charge >= 0.3 is 5.97 Å². The van der Waals surface area contributed by atoms with E-state index < -0.39 is 5.97 Å². The number of benzene rings is 1. The molecule has 0 radical (unpaired) electrons. The molecule has 1 atom stereocenters. The van der Waals surface area contributed by atoms with Crippen molar-refractivity contribution in [1.29, 1.82) is 0 Å². The van der Waals surface area contributed by atoms with Crippen LogP contribution in [0.15, 0.2) is 24.3 Å². The third-order valence-electron chi connectivity index (χ3n) is 3.74. The van der Waals surface area contributed by atoms with Crippen LogP contribution in [0.4, 0.5) is 0 Å². The number of likely N-dealkylation sites (tertiary alicyclic amines) is 1. The number of likely N-dealkylation sites (N-methyl/N-ethyl adjacent to an activating group) is 1. The number of hydrogen-bond donors (Lipinski definition) is 2. The van der Waals surface area contributed by atoms with Crippen molar-refractivity contribution >= 4 is 16.9 Å². The average Bonchev–Trinajstić information content (AvgIpc) is 2.93. The molecule has 4 nitrogen and oxygen atoms in total. The summed E-state index contributed by atoms with van der Waals surface area (Å²) in [6.45, 7) is 2.22. The molecule has 0 unspecified atom stereocenters. The van der Waals surface area contributed by atoms with E-state index in [-0.39, 0.29) is 5.69 Å². The fourth-order valence-corrected chi connectivity index (χ4v) is 2.73. The zero-order valence-corrected chi connectivity index (χ0v) is 10.3. The summed E-state index contributed by atoms with van der Waals surface area (Å²) in [7, 11) is 2.14. The molecule has 1 fully saturated rings. The number of hydrogen-bond acceptors (Lipinski definition) is 2. The summed E-state index contributed by atoms with van der Waals surface area (Å²) in [5.74, 6) is -0.337. The van der Waals surface area contributed by atoms with Crippen LogP contribution in [0.5, 0.6) is 0 Å². The Morgan fingerprint density at radius 2 is 2.28 bits per heavy atom. The first-order valence-corrected chi connectivity index (χ1v) is 6.18. The van der Waals surface area contributed by atoms with E-state index in [4.69, 9.17) is 5.11 Å². The summed E-state index contributed by atoms with van der Waals surface area (Å²) in [5.41, 5.74) is 2.45. The Morgan fingerprint density at radius 1 is 1.44 bits per heavy atom. The normalized spacial score (nSPS) is 20.6. The number of aromatic amines is 1. The quantitative estimate of drug-likeness (QED) is 0.852. The number of nitrogens with zero attached hydrogens (tertiary/aromatic N) is 1. The number of H-pyrrole nitrogens is 1. The lowest BCUT2D eigenvalue weighted by atomic mass is 9.97. The van der Waals surface area contributed by atoms with Crippen molar-refractivity contribution in [2.75, 3.05) is 20.1 Å². The molecule has 0 amide bonds. The first-order valence-electron chi connectivity index (χ1n) is 6.18. The molecule has 4 heteroatoms. The van der Waals surface area contributed by atoms with Crippen LogP contribution in [0.25, 0.3) is 10.9 Å². The van der Waals surface area contributed by atoms with E-state index in [2.05, 4.69) is 29.1 Å². The van der Waals surface area contributed by atoms with Crippen LogP contribution in [0.3, 0.4) is 0 Å². The van der Waals surface area contributed by atoms with Gasteiger partial charge in [-0.15, -0.1) is 0 Å². The lowest BCUT2D eigenvalue weighted by Gasteiger charge is -2.10. The Bertz CT molecular complexity index is 603. The van der Waals surface area contributed by atoms with Gasteiger partial charge in [-0.1, -0.05) is 6.07 Å². The van der Waals surface area contributed by atoms with Crippen LogP contribution >= 0.6 is 0 Å². The molecule has 2 heterocycles. The van der Waals surface area contributed by atoms with Crippen molar-refractivity contribution < 1.29 is 9.90 Å². The van der Waals surface area contributed by atoms with Gasteiger partial charge in [0.2, 0.25) is 0 Å². The van der Waals surface area contributed by atoms with Gasteiger partial charge in [-0.05, 0) is 49.7 Å². The van der Waals surface area contributed by atoms with Gasteiger partial charge in [0.1, 0.15) is 5.69 Å². The van der Waals surface area contributed by atoms with Gasteiger partial charge < -0.3 is 15.0 Å². The second kappa shape index (κ2) is 4.14.